The Kier molecular flexibility index (Phi) is 5.28. The van der Waals surface area contributed by atoms with Gasteiger partial charge in [0, 0.05) is 31.5 Å². The number of aromatic nitrogens is 2. The molecule has 24 heavy (non-hydrogen) atoms. The smallest absolute Gasteiger partial charge is 0.166 e. The Balaban J connectivity index is 2.03. The Morgan fingerprint density at radius 1 is 1.25 bits per heavy atom. The first-order valence-electron chi connectivity index (χ1n) is 8.18. The molecule has 2 aromatic rings. The van der Waals surface area contributed by atoms with Gasteiger partial charge in [-0.3, -0.25) is 4.90 Å². The maximum atomic E-state index is 5.64. The van der Waals surface area contributed by atoms with Gasteiger partial charge in [-0.05, 0) is 20.0 Å². The fourth-order valence-electron chi connectivity index (χ4n) is 2.87. The van der Waals surface area contributed by atoms with Crippen LogP contribution in [0.25, 0.3) is 17.0 Å². The van der Waals surface area contributed by atoms with Crippen molar-refractivity contribution in [3.63, 3.8) is 0 Å². The molecule has 128 valence electrons. The minimum atomic E-state index is 0.647. The lowest BCUT2D eigenvalue weighted by molar-refractivity contribution is 0.240. The monoisotopic (exact) mass is 343 g/mol. The SMILES string of the molecule is Cc1ccc(-c2nc(SCCN)[nH]c2C2=CCN(C)CN2C)cc1. The normalized spacial score (nSPS) is 15.7. The van der Waals surface area contributed by atoms with Crippen molar-refractivity contribution in [2.24, 2.45) is 5.73 Å². The number of likely N-dealkylation sites (N-methyl/N-ethyl adjacent to an activating group) is 1. The summed E-state index contributed by atoms with van der Waals surface area (Å²) in [5, 5.41) is 0.930. The molecule has 0 spiro atoms. The highest BCUT2D eigenvalue weighted by Crippen LogP contribution is 2.32. The number of nitrogens with zero attached hydrogens (tertiary/aromatic N) is 3. The summed E-state index contributed by atoms with van der Waals surface area (Å²) in [5.74, 6) is 0.859. The number of thioether (sulfide) groups is 1. The van der Waals surface area contributed by atoms with E-state index in [0.717, 1.165) is 41.1 Å². The quantitative estimate of drug-likeness (QED) is 0.817. The highest BCUT2D eigenvalue weighted by Gasteiger charge is 2.21. The van der Waals surface area contributed by atoms with E-state index < -0.39 is 0 Å². The lowest BCUT2D eigenvalue weighted by atomic mass is 10.1. The lowest BCUT2D eigenvalue weighted by Gasteiger charge is -2.32. The molecule has 1 aromatic heterocycles. The van der Waals surface area contributed by atoms with E-state index in [1.807, 2.05) is 0 Å². The summed E-state index contributed by atoms with van der Waals surface area (Å²) in [6.45, 7) is 4.60. The molecule has 0 amide bonds. The van der Waals surface area contributed by atoms with Crippen molar-refractivity contribution < 1.29 is 0 Å². The second-order valence-corrected chi connectivity index (χ2v) is 7.32. The third kappa shape index (κ3) is 3.66. The molecule has 0 atom stereocenters. The van der Waals surface area contributed by atoms with Gasteiger partial charge in [0.15, 0.2) is 5.16 Å². The van der Waals surface area contributed by atoms with Crippen LogP contribution in [0.4, 0.5) is 0 Å². The van der Waals surface area contributed by atoms with Gasteiger partial charge in [-0.25, -0.2) is 4.98 Å². The summed E-state index contributed by atoms with van der Waals surface area (Å²) in [6, 6.07) is 8.55. The molecule has 3 N–H and O–H groups in total. The van der Waals surface area contributed by atoms with Gasteiger partial charge in [0.05, 0.1) is 23.8 Å². The van der Waals surface area contributed by atoms with Crippen molar-refractivity contribution in [1.29, 1.82) is 0 Å². The minimum Gasteiger partial charge on any atom is -0.360 e. The zero-order valence-corrected chi connectivity index (χ0v) is 15.4. The van der Waals surface area contributed by atoms with Gasteiger partial charge in [0.1, 0.15) is 0 Å². The van der Waals surface area contributed by atoms with Gasteiger partial charge in [0.2, 0.25) is 0 Å². The number of hydrogen-bond acceptors (Lipinski definition) is 5. The standard InChI is InChI=1S/C18H25N5S/c1-13-4-6-14(7-5-13)16-17(21-18(20-16)24-11-9-19)15-8-10-22(2)12-23(15)3/h4-8H,9-12,19H2,1-3H3,(H,20,21). The number of rotatable bonds is 5. The minimum absolute atomic E-state index is 0.647. The van der Waals surface area contributed by atoms with Crippen LogP contribution in [-0.4, -0.2) is 59.4 Å². The highest BCUT2D eigenvalue weighted by molar-refractivity contribution is 7.99. The van der Waals surface area contributed by atoms with Crippen LogP contribution in [0.2, 0.25) is 0 Å². The molecule has 1 aliphatic rings. The van der Waals surface area contributed by atoms with Crippen LogP contribution >= 0.6 is 11.8 Å². The van der Waals surface area contributed by atoms with E-state index in [1.165, 1.54) is 11.3 Å². The summed E-state index contributed by atoms with van der Waals surface area (Å²) in [6.07, 6.45) is 2.26. The van der Waals surface area contributed by atoms with Gasteiger partial charge < -0.3 is 15.6 Å². The third-order valence-electron chi connectivity index (χ3n) is 4.08. The van der Waals surface area contributed by atoms with E-state index in [2.05, 4.69) is 66.1 Å². The van der Waals surface area contributed by atoms with Gasteiger partial charge in [-0.1, -0.05) is 41.6 Å². The number of imidazole rings is 1. The van der Waals surface area contributed by atoms with Gasteiger partial charge >= 0.3 is 0 Å². The first-order valence-corrected chi connectivity index (χ1v) is 9.17. The average molecular weight is 344 g/mol. The maximum absolute atomic E-state index is 5.64. The van der Waals surface area contributed by atoms with Crippen molar-refractivity contribution in [3.05, 3.63) is 41.6 Å². The number of hydrogen-bond donors (Lipinski definition) is 2. The Morgan fingerprint density at radius 3 is 2.67 bits per heavy atom. The predicted molar refractivity (Wildman–Crippen MR) is 102 cm³/mol. The molecule has 0 unspecified atom stereocenters. The number of nitrogens with one attached hydrogen (secondary N) is 1. The van der Waals surface area contributed by atoms with Crippen molar-refractivity contribution in [2.75, 3.05) is 39.6 Å². The topological polar surface area (TPSA) is 61.2 Å². The molecule has 3 rings (SSSR count). The molecule has 1 aliphatic heterocycles. The first-order chi connectivity index (χ1) is 11.6. The Hall–Kier alpha value is -1.76. The Morgan fingerprint density at radius 2 is 2.00 bits per heavy atom. The molecule has 0 radical (unpaired) electrons. The van der Waals surface area contributed by atoms with Crippen molar-refractivity contribution in [1.82, 2.24) is 19.8 Å². The van der Waals surface area contributed by atoms with Crippen LogP contribution in [0, 0.1) is 6.92 Å². The summed E-state index contributed by atoms with van der Waals surface area (Å²) in [4.78, 5) is 12.9. The lowest BCUT2D eigenvalue weighted by Crippen LogP contribution is -2.36. The van der Waals surface area contributed by atoms with Crippen molar-refractivity contribution in [2.45, 2.75) is 12.1 Å². The number of aryl methyl sites for hydroxylation is 1. The van der Waals surface area contributed by atoms with E-state index in [0.29, 0.717) is 6.54 Å². The largest absolute Gasteiger partial charge is 0.360 e. The van der Waals surface area contributed by atoms with E-state index in [9.17, 15) is 0 Å². The zero-order chi connectivity index (χ0) is 17.1. The van der Waals surface area contributed by atoms with Crippen LogP contribution in [0.5, 0.6) is 0 Å². The molecular weight excluding hydrogens is 318 g/mol. The molecule has 1 aromatic carbocycles. The van der Waals surface area contributed by atoms with Gasteiger partial charge in [0.25, 0.3) is 0 Å². The van der Waals surface area contributed by atoms with Crippen LogP contribution in [-0.2, 0) is 0 Å². The molecule has 0 bridgehead atoms. The maximum Gasteiger partial charge on any atom is 0.166 e. The molecule has 5 nitrogen and oxygen atoms in total. The van der Waals surface area contributed by atoms with Crippen LogP contribution < -0.4 is 5.73 Å². The summed E-state index contributed by atoms with van der Waals surface area (Å²) < 4.78 is 0. The Bertz CT molecular complexity index is 720. The number of H-pyrrole nitrogens is 1. The molecular formula is C18H25N5S. The summed E-state index contributed by atoms with van der Waals surface area (Å²) in [7, 11) is 4.24. The fourth-order valence-corrected chi connectivity index (χ4v) is 3.51. The van der Waals surface area contributed by atoms with Crippen molar-refractivity contribution in [3.8, 4) is 11.3 Å². The van der Waals surface area contributed by atoms with E-state index >= 15 is 0 Å². The average Bonchev–Trinajstić information content (AvgIpc) is 2.97. The molecule has 2 heterocycles. The summed E-state index contributed by atoms with van der Waals surface area (Å²) >= 11 is 1.67. The molecule has 6 heteroatoms. The highest BCUT2D eigenvalue weighted by atomic mass is 32.2. The van der Waals surface area contributed by atoms with Crippen LogP contribution in [0.1, 0.15) is 11.3 Å². The van der Waals surface area contributed by atoms with Gasteiger partial charge in [-0.15, -0.1) is 0 Å². The second kappa shape index (κ2) is 7.42. The number of benzene rings is 1. The third-order valence-corrected chi connectivity index (χ3v) is 4.99. The van der Waals surface area contributed by atoms with Crippen LogP contribution in [0.15, 0.2) is 35.5 Å². The number of nitrogens with two attached hydrogens (primary N) is 1. The molecule has 0 fully saturated rings. The first kappa shape index (κ1) is 17.1. The van der Waals surface area contributed by atoms with E-state index in [-0.39, 0.29) is 0 Å². The zero-order valence-electron chi connectivity index (χ0n) is 14.5. The number of aromatic amines is 1. The van der Waals surface area contributed by atoms with Gasteiger partial charge in [-0.2, -0.15) is 0 Å². The molecule has 0 saturated carbocycles. The molecule has 0 aliphatic carbocycles. The molecule has 0 saturated heterocycles. The van der Waals surface area contributed by atoms with E-state index in [1.54, 1.807) is 11.8 Å². The van der Waals surface area contributed by atoms with E-state index in [4.69, 9.17) is 10.7 Å². The van der Waals surface area contributed by atoms with Crippen LogP contribution in [0.3, 0.4) is 0 Å². The van der Waals surface area contributed by atoms with Crippen molar-refractivity contribution >= 4 is 17.5 Å². The summed E-state index contributed by atoms with van der Waals surface area (Å²) in [5.41, 5.74) is 11.3. The predicted octanol–water partition coefficient (Wildman–Crippen LogP) is 2.61. The second-order valence-electron chi connectivity index (χ2n) is 6.24. The fraction of sp³-hybridized carbons (Fsp3) is 0.389. The Labute approximate surface area is 147 Å².